The molecule has 12 nitrogen and oxygen atoms in total. The lowest BCUT2D eigenvalue weighted by molar-refractivity contribution is -0.126. The average Bonchev–Trinajstić information content (AvgIpc) is 4.02. The molecule has 0 saturated carbocycles. The van der Waals surface area contributed by atoms with E-state index in [0.717, 1.165) is 44.4 Å². The Morgan fingerprint density at radius 3 is 1.74 bits per heavy atom. The van der Waals surface area contributed by atoms with E-state index in [9.17, 15) is 18.7 Å². The number of aliphatic hydroxyl groups is 2. The van der Waals surface area contributed by atoms with E-state index in [0.29, 0.717) is 60.1 Å². The van der Waals surface area contributed by atoms with Crippen LogP contribution in [0.5, 0.6) is 23.0 Å². The Balaban J connectivity index is 0.000000245. The molecule has 0 unspecified atom stereocenters. The Morgan fingerprint density at radius 2 is 1.23 bits per heavy atom. The molecule has 3 heterocycles. The van der Waals surface area contributed by atoms with Crippen molar-refractivity contribution in [2.24, 2.45) is 11.1 Å². The van der Waals surface area contributed by atoms with Crippen LogP contribution in [0.15, 0.2) is 116 Å². The third-order valence-electron chi connectivity index (χ3n) is 11.5. The molecule has 0 atom stereocenters. The number of nitrogens with zero attached hydrogens (tertiary/aromatic N) is 6. The summed E-state index contributed by atoms with van der Waals surface area (Å²) < 4.78 is 45.0. The van der Waals surface area contributed by atoms with Gasteiger partial charge in [-0.15, -0.1) is 0 Å². The maximum absolute atomic E-state index is 14.4. The third kappa shape index (κ3) is 11.2. The minimum Gasteiger partial charge on any atom is -0.457 e. The second-order valence-corrected chi connectivity index (χ2v) is 18.0. The van der Waals surface area contributed by atoms with Crippen molar-refractivity contribution in [3.63, 3.8) is 0 Å². The molecule has 0 fully saturated rings. The van der Waals surface area contributed by atoms with E-state index in [4.69, 9.17) is 25.4 Å². The number of fused-ring (bicyclic) bond motifs is 2. The van der Waals surface area contributed by atoms with E-state index in [2.05, 4.69) is 31.0 Å². The quantitative estimate of drug-likeness (QED) is 0.0860. The molecule has 14 heteroatoms. The standard InChI is InChI=1S/C36H41FN4O3.C16H16FN3O2/c1-24-7-10-28(11-8-24)41-29(21-33(39-41)35(2,3)4)22-34(43)36(5,6)16-15-25-19-27(37)9-14-32(25)44-30-12-13-31-26(20-30)23-38-40(31)17-18-42;17-13-1-4-16(11(7-13)9-18)22-14-2-3-15-12(8-14)10-19-20(15)5-6-21/h7-14,19-21,23,42H,15-18,22H2,1-6H3;1-4,7-8,10,21H,5-6,9,18H2. The lowest BCUT2D eigenvalue weighted by Crippen LogP contribution is -2.27. The van der Waals surface area contributed by atoms with Gasteiger partial charge < -0.3 is 25.4 Å². The van der Waals surface area contributed by atoms with Crippen LogP contribution >= 0.6 is 0 Å². The SMILES string of the molecule is Cc1ccc(-n2nc(C(C)(C)C)cc2CC(=O)C(C)(C)CCc2cc(F)ccc2Oc2ccc3c(cnn3CCO)c2)cc1.NCc1cc(F)ccc1Oc1ccc2c(cnn2CCO)c1. The van der Waals surface area contributed by atoms with Crippen LogP contribution in [0.2, 0.25) is 0 Å². The van der Waals surface area contributed by atoms with E-state index < -0.39 is 5.41 Å². The number of Topliss-reactive ketones (excluding diaryl/α,β-unsaturated/α-hetero) is 1. The number of ether oxygens (including phenoxy) is 2. The number of carbonyl (C=O) groups is 1. The molecule has 8 aromatic rings. The van der Waals surface area contributed by atoms with Gasteiger partial charge in [0.15, 0.2) is 0 Å². The molecule has 3 aromatic heterocycles. The number of carbonyl (C=O) groups excluding carboxylic acids is 1. The van der Waals surface area contributed by atoms with Gasteiger partial charge in [0, 0.05) is 40.1 Å². The number of hydrogen-bond donors (Lipinski definition) is 3. The zero-order chi connectivity index (χ0) is 47.2. The predicted octanol–water partition coefficient (Wildman–Crippen LogP) is 9.94. The Hall–Kier alpha value is -6.74. The second-order valence-electron chi connectivity index (χ2n) is 18.0. The molecule has 5 aromatic carbocycles. The zero-order valence-electron chi connectivity index (χ0n) is 38.3. The molecule has 0 amide bonds. The van der Waals surface area contributed by atoms with Crippen molar-refractivity contribution in [3.8, 4) is 28.7 Å². The molecule has 4 N–H and O–H groups in total. The molecule has 0 radical (unpaired) electrons. The first kappa shape index (κ1) is 47.2. The maximum atomic E-state index is 14.4. The van der Waals surface area contributed by atoms with E-state index in [1.54, 1.807) is 33.9 Å². The van der Waals surface area contributed by atoms with Crippen LogP contribution in [-0.2, 0) is 42.7 Å². The summed E-state index contributed by atoms with van der Waals surface area (Å²) in [5, 5.41) is 33.5. The smallest absolute Gasteiger partial charge is 0.144 e. The van der Waals surface area contributed by atoms with E-state index >= 15 is 0 Å². The summed E-state index contributed by atoms with van der Waals surface area (Å²) in [4.78, 5) is 13.8. The summed E-state index contributed by atoms with van der Waals surface area (Å²) in [7, 11) is 0. The monoisotopic (exact) mass is 897 g/mol. The Labute approximate surface area is 383 Å². The summed E-state index contributed by atoms with van der Waals surface area (Å²) in [6, 6.07) is 30.1. The van der Waals surface area contributed by atoms with Gasteiger partial charge in [-0.05, 0) is 116 Å². The lowest BCUT2D eigenvalue weighted by atomic mass is 9.80. The molecular weight excluding hydrogens is 841 g/mol. The first-order valence-electron chi connectivity index (χ1n) is 22.0. The van der Waals surface area contributed by atoms with Crippen molar-refractivity contribution in [2.45, 2.75) is 85.9 Å². The van der Waals surface area contributed by atoms with Crippen molar-refractivity contribution < 1.29 is 33.3 Å². The highest BCUT2D eigenvalue weighted by Crippen LogP contribution is 2.34. The van der Waals surface area contributed by atoms with Crippen LogP contribution in [0.25, 0.3) is 27.5 Å². The average molecular weight is 898 g/mol. The second kappa shape index (κ2) is 20.2. The Kier molecular flexibility index (Phi) is 14.5. The first-order chi connectivity index (χ1) is 31.5. The predicted molar refractivity (Wildman–Crippen MR) is 252 cm³/mol. The number of aryl methyl sites for hydroxylation is 2. The molecule has 8 rings (SSSR count). The van der Waals surface area contributed by atoms with Crippen molar-refractivity contribution in [1.82, 2.24) is 29.3 Å². The molecule has 344 valence electrons. The Bertz CT molecular complexity index is 2950. The van der Waals surface area contributed by atoms with E-state index in [1.165, 1.54) is 24.3 Å². The first-order valence-corrected chi connectivity index (χ1v) is 22.0. The van der Waals surface area contributed by atoms with Gasteiger partial charge in [0.25, 0.3) is 0 Å². The molecule has 0 aliphatic carbocycles. The summed E-state index contributed by atoms with van der Waals surface area (Å²) in [5.41, 5.74) is 11.8. The van der Waals surface area contributed by atoms with Crippen molar-refractivity contribution >= 4 is 27.6 Å². The number of aliphatic hydroxyl groups excluding tert-OH is 2. The third-order valence-corrected chi connectivity index (χ3v) is 11.5. The lowest BCUT2D eigenvalue weighted by Gasteiger charge is -2.24. The topological polar surface area (TPSA) is 155 Å². The highest BCUT2D eigenvalue weighted by atomic mass is 19.1. The summed E-state index contributed by atoms with van der Waals surface area (Å²) >= 11 is 0. The highest BCUT2D eigenvalue weighted by Gasteiger charge is 2.30. The number of ketones is 1. The zero-order valence-corrected chi connectivity index (χ0v) is 38.3. The molecule has 0 bridgehead atoms. The van der Waals surface area contributed by atoms with Crippen LogP contribution in [0.3, 0.4) is 0 Å². The molecular formula is C52H57F2N7O5. The van der Waals surface area contributed by atoms with E-state index in [-0.39, 0.29) is 49.0 Å². The summed E-state index contributed by atoms with van der Waals surface area (Å²) in [6.07, 6.45) is 4.66. The summed E-state index contributed by atoms with van der Waals surface area (Å²) in [5.74, 6) is 1.70. The van der Waals surface area contributed by atoms with Crippen molar-refractivity contribution in [1.29, 1.82) is 0 Å². The minimum absolute atomic E-state index is 0.00115. The highest BCUT2D eigenvalue weighted by molar-refractivity contribution is 5.86. The number of aromatic nitrogens is 6. The summed E-state index contributed by atoms with van der Waals surface area (Å²) in [6.45, 7) is 13.4. The largest absolute Gasteiger partial charge is 0.457 e. The van der Waals surface area contributed by atoms with Gasteiger partial charge in [-0.2, -0.15) is 15.3 Å². The van der Waals surface area contributed by atoms with Gasteiger partial charge >= 0.3 is 0 Å². The normalized spacial score (nSPS) is 11.8. The molecule has 0 saturated heterocycles. The Morgan fingerprint density at radius 1 is 0.697 bits per heavy atom. The fraction of sp³-hybridized carbons (Fsp3) is 0.308. The van der Waals surface area contributed by atoms with Gasteiger partial charge in [0.1, 0.15) is 40.4 Å². The number of nitrogens with two attached hydrogens (primary N) is 1. The van der Waals surface area contributed by atoms with E-state index in [1.807, 2.05) is 92.2 Å². The number of halogens is 2. The van der Waals surface area contributed by atoms with Crippen LogP contribution in [0.4, 0.5) is 8.78 Å². The fourth-order valence-corrected chi connectivity index (χ4v) is 7.52. The van der Waals surface area contributed by atoms with Gasteiger partial charge in [-0.1, -0.05) is 52.3 Å². The van der Waals surface area contributed by atoms with Crippen molar-refractivity contribution in [2.75, 3.05) is 13.2 Å². The van der Waals surface area contributed by atoms with Crippen LogP contribution in [0, 0.1) is 24.0 Å². The maximum Gasteiger partial charge on any atom is 0.144 e. The van der Waals surface area contributed by atoms with Crippen molar-refractivity contribution in [3.05, 3.63) is 155 Å². The van der Waals surface area contributed by atoms with Crippen LogP contribution in [-0.4, -0.2) is 58.6 Å². The van der Waals surface area contributed by atoms with Gasteiger partial charge in [0.2, 0.25) is 0 Å². The van der Waals surface area contributed by atoms with Gasteiger partial charge in [0.05, 0.1) is 66.8 Å². The number of benzene rings is 5. The molecule has 0 aliphatic heterocycles. The number of hydrogen-bond acceptors (Lipinski definition) is 9. The van der Waals surface area contributed by atoms with Gasteiger partial charge in [-0.3, -0.25) is 14.2 Å². The fourth-order valence-electron chi connectivity index (χ4n) is 7.52. The minimum atomic E-state index is -0.673. The molecule has 0 aliphatic rings. The van der Waals surface area contributed by atoms with Crippen LogP contribution < -0.4 is 15.2 Å². The number of rotatable bonds is 16. The molecule has 0 spiro atoms. The van der Waals surface area contributed by atoms with Gasteiger partial charge in [-0.25, -0.2) is 13.5 Å². The van der Waals surface area contributed by atoms with Crippen LogP contribution in [0.1, 0.15) is 69.1 Å². The molecule has 66 heavy (non-hydrogen) atoms.